The molecule has 7 heteroatoms. The first-order valence-electron chi connectivity index (χ1n) is 11.2. The number of hydrogen-bond acceptors (Lipinski definition) is 5. The number of piperidine rings is 1. The predicted molar refractivity (Wildman–Crippen MR) is 123 cm³/mol. The van der Waals surface area contributed by atoms with E-state index in [0.29, 0.717) is 11.6 Å². The van der Waals surface area contributed by atoms with Crippen LogP contribution in [0, 0.1) is 11.8 Å². The third kappa shape index (κ3) is 5.10. The lowest BCUT2D eigenvalue weighted by Crippen LogP contribution is -2.49. The Morgan fingerprint density at radius 2 is 1.74 bits per heavy atom. The highest BCUT2D eigenvalue weighted by atomic mass is 32.1. The van der Waals surface area contributed by atoms with Crippen LogP contribution >= 0.6 is 11.3 Å². The van der Waals surface area contributed by atoms with Gasteiger partial charge in [0.05, 0.1) is 5.69 Å². The van der Waals surface area contributed by atoms with Crippen LogP contribution in [-0.2, 0) is 4.79 Å². The number of amides is 1. The molecule has 1 saturated carbocycles. The summed E-state index contributed by atoms with van der Waals surface area (Å²) < 4.78 is 5.20. The lowest BCUT2D eigenvalue weighted by atomic mass is 9.82. The second kappa shape index (κ2) is 9.83. The molecule has 2 heterocycles. The smallest absolute Gasteiger partial charge is 0.449 e. The van der Waals surface area contributed by atoms with Crippen molar-refractivity contribution in [1.29, 1.82) is 0 Å². The van der Waals surface area contributed by atoms with Gasteiger partial charge in [-0.2, -0.15) is 0 Å². The molecule has 2 aliphatic rings. The average molecular weight is 443 g/mol. The summed E-state index contributed by atoms with van der Waals surface area (Å²) in [6.07, 6.45) is 4.25. The summed E-state index contributed by atoms with van der Waals surface area (Å²) in [7, 11) is 0. The molecule has 0 spiro atoms. The minimum Gasteiger partial charge on any atom is -0.449 e. The zero-order chi connectivity index (χ0) is 21.8. The number of thiophene rings is 1. The third-order valence-corrected chi connectivity index (χ3v) is 7.51. The number of anilines is 1. The van der Waals surface area contributed by atoms with Crippen LogP contribution in [0.2, 0.25) is 0 Å². The monoisotopic (exact) mass is 442 g/mol. The first-order chi connectivity index (χ1) is 15.0. The zero-order valence-electron chi connectivity index (χ0n) is 17.9. The summed E-state index contributed by atoms with van der Waals surface area (Å²) in [5.41, 5.74) is 1.58. The number of rotatable bonds is 5. The fraction of sp³-hybridized carbons (Fsp3) is 0.500. The fourth-order valence-electron chi connectivity index (χ4n) is 4.69. The standard InChI is InChI=1S/C24H30N2O4S/c1-16-7-9-18(10-8-16)22(27)26(19-11-13-25-14-12-19)20-15-21(17-5-3-2-4-6-17)31-23(20)30-24(28)29/h2-6,15-16,18-19,25H,7-14H2,1H3,(H,28,29). The zero-order valence-corrected chi connectivity index (χ0v) is 18.7. The number of carboxylic acid groups (broad SMARTS) is 1. The van der Waals surface area contributed by atoms with Crippen LogP contribution < -0.4 is 15.0 Å². The van der Waals surface area contributed by atoms with E-state index in [4.69, 9.17) is 4.74 Å². The summed E-state index contributed by atoms with van der Waals surface area (Å²) in [5, 5.41) is 13.0. The highest BCUT2D eigenvalue weighted by Crippen LogP contribution is 2.45. The van der Waals surface area contributed by atoms with Crippen LogP contribution in [0.4, 0.5) is 10.5 Å². The molecule has 31 heavy (non-hydrogen) atoms. The molecule has 1 aromatic carbocycles. The Balaban J connectivity index is 1.73. The largest absolute Gasteiger partial charge is 0.512 e. The molecule has 0 radical (unpaired) electrons. The Morgan fingerprint density at radius 1 is 1.06 bits per heavy atom. The number of carbonyl (C=O) groups excluding carboxylic acids is 1. The van der Waals surface area contributed by atoms with Crippen molar-refractivity contribution in [3.63, 3.8) is 0 Å². The Labute approximate surface area is 187 Å². The van der Waals surface area contributed by atoms with Crippen LogP contribution in [0.5, 0.6) is 5.06 Å². The van der Waals surface area contributed by atoms with Crippen LogP contribution in [-0.4, -0.2) is 36.3 Å². The van der Waals surface area contributed by atoms with Crippen molar-refractivity contribution in [2.24, 2.45) is 11.8 Å². The number of ether oxygens (including phenoxy) is 1. The van der Waals surface area contributed by atoms with E-state index >= 15 is 0 Å². The van der Waals surface area contributed by atoms with Gasteiger partial charge in [-0.3, -0.25) is 4.79 Å². The molecule has 0 unspecified atom stereocenters. The van der Waals surface area contributed by atoms with E-state index in [2.05, 4.69) is 12.2 Å². The highest BCUT2D eigenvalue weighted by Gasteiger charge is 2.36. The van der Waals surface area contributed by atoms with Gasteiger partial charge in [0, 0.05) is 16.8 Å². The van der Waals surface area contributed by atoms with Crippen molar-refractivity contribution in [2.45, 2.75) is 51.5 Å². The molecule has 166 valence electrons. The summed E-state index contributed by atoms with van der Waals surface area (Å²) in [6, 6.07) is 11.8. The van der Waals surface area contributed by atoms with Gasteiger partial charge >= 0.3 is 6.16 Å². The molecular formula is C24H30N2O4S. The number of carbonyl (C=O) groups is 2. The van der Waals surface area contributed by atoms with E-state index in [-0.39, 0.29) is 22.9 Å². The second-order valence-corrected chi connectivity index (χ2v) is 9.68. The van der Waals surface area contributed by atoms with Gasteiger partial charge in [-0.25, -0.2) is 4.79 Å². The number of hydrogen-bond donors (Lipinski definition) is 2. The summed E-state index contributed by atoms with van der Waals surface area (Å²) in [5.74, 6) is 0.767. The van der Waals surface area contributed by atoms with E-state index in [0.717, 1.165) is 62.1 Å². The Kier molecular flexibility index (Phi) is 6.92. The fourth-order valence-corrected chi connectivity index (χ4v) is 5.69. The maximum absolute atomic E-state index is 13.8. The average Bonchev–Trinajstić information content (AvgIpc) is 3.18. The lowest BCUT2D eigenvalue weighted by molar-refractivity contribution is -0.124. The molecule has 1 amide bonds. The van der Waals surface area contributed by atoms with E-state index < -0.39 is 6.16 Å². The first kappa shape index (κ1) is 21.8. The van der Waals surface area contributed by atoms with Gasteiger partial charge in [0.15, 0.2) is 0 Å². The molecular weight excluding hydrogens is 412 g/mol. The van der Waals surface area contributed by atoms with Crippen molar-refractivity contribution in [2.75, 3.05) is 18.0 Å². The molecule has 1 saturated heterocycles. The van der Waals surface area contributed by atoms with Crippen LogP contribution in [0.25, 0.3) is 10.4 Å². The number of benzene rings is 1. The predicted octanol–water partition coefficient (Wildman–Crippen LogP) is 5.38. The van der Waals surface area contributed by atoms with Gasteiger partial charge in [-0.15, -0.1) is 0 Å². The molecule has 2 N–H and O–H groups in total. The van der Waals surface area contributed by atoms with Crippen molar-refractivity contribution in [1.82, 2.24) is 5.32 Å². The minimum atomic E-state index is -1.35. The number of nitrogens with one attached hydrogen (secondary N) is 1. The number of nitrogens with zero attached hydrogens (tertiary/aromatic N) is 1. The van der Waals surface area contributed by atoms with Gasteiger partial charge in [-0.1, -0.05) is 48.6 Å². The molecule has 6 nitrogen and oxygen atoms in total. The maximum atomic E-state index is 13.8. The van der Waals surface area contributed by atoms with Crippen LogP contribution in [0.1, 0.15) is 45.4 Å². The van der Waals surface area contributed by atoms with E-state index in [1.807, 2.05) is 41.3 Å². The van der Waals surface area contributed by atoms with Crippen molar-refractivity contribution >= 4 is 29.1 Å². The Bertz CT molecular complexity index is 900. The van der Waals surface area contributed by atoms with E-state index in [1.165, 1.54) is 11.3 Å². The summed E-state index contributed by atoms with van der Waals surface area (Å²) in [4.78, 5) is 28.0. The van der Waals surface area contributed by atoms with Gasteiger partial charge < -0.3 is 20.1 Å². The molecule has 1 aromatic heterocycles. The maximum Gasteiger partial charge on any atom is 0.512 e. The Morgan fingerprint density at radius 3 is 2.39 bits per heavy atom. The van der Waals surface area contributed by atoms with Gasteiger partial charge in [0.1, 0.15) is 0 Å². The Hall–Kier alpha value is -2.38. The second-order valence-electron chi connectivity index (χ2n) is 8.66. The molecule has 4 rings (SSSR count). The van der Waals surface area contributed by atoms with Crippen LogP contribution in [0.15, 0.2) is 36.4 Å². The normalized spacial score (nSPS) is 22.1. The quantitative estimate of drug-likeness (QED) is 0.608. The molecule has 0 atom stereocenters. The van der Waals surface area contributed by atoms with Crippen molar-refractivity contribution < 1.29 is 19.4 Å². The van der Waals surface area contributed by atoms with Gasteiger partial charge in [0.2, 0.25) is 11.0 Å². The topological polar surface area (TPSA) is 78.9 Å². The minimum absolute atomic E-state index is 0.0103. The van der Waals surface area contributed by atoms with Gasteiger partial charge in [-0.05, 0) is 69.2 Å². The van der Waals surface area contributed by atoms with Crippen molar-refractivity contribution in [3.05, 3.63) is 36.4 Å². The SMILES string of the molecule is CC1CCC(C(=O)N(c2cc(-c3ccccc3)sc2OC(=O)O)C2CCNCC2)CC1. The molecule has 2 aromatic rings. The van der Waals surface area contributed by atoms with Crippen LogP contribution in [0.3, 0.4) is 0 Å². The van der Waals surface area contributed by atoms with Crippen molar-refractivity contribution in [3.8, 4) is 15.5 Å². The first-order valence-corrected chi connectivity index (χ1v) is 12.0. The van der Waals surface area contributed by atoms with E-state index in [9.17, 15) is 14.7 Å². The van der Waals surface area contributed by atoms with Gasteiger partial charge in [0.25, 0.3) is 0 Å². The van der Waals surface area contributed by atoms with E-state index in [1.54, 1.807) is 0 Å². The molecule has 0 bridgehead atoms. The molecule has 2 fully saturated rings. The molecule has 1 aliphatic heterocycles. The highest BCUT2D eigenvalue weighted by molar-refractivity contribution is 7.18. The summed E-state index contributed by atoms with van der Waals surface area (Å²) in [6.45, 7) is 3.94. The third-order valence-electron chi connectivity index (χ3n) is 6.45. The summed E-state index contributed by atoms with van der Waals surface area (Å²) >= 11 is 1.29. The molecule has 1 aliphatic carbocycles. The lowest BCUT2D eigenvalue weighted by Gasteiger charge is -2.38.